The average molecular weight is 366 g/mol. The van der Waals surface area contributed by atoms with E-state index < -0.39 is 0 Å². The fourth-order valence-corrected chi connectivity index (χ4v) is 3.92. The van der Waals surface area contributed by atoms with E-state index in [1.807, 2.05) is 24.3 Å². The highest BCUT2D eigenvalue weighted by atomic mass is 16.5. The maximum atomic E-state index is 12.9. The van der Waals surface area contributed by atoms with Gasteiger partial charge in [0.1, 0.15) is 5.75 Å². The molecule has 2 aliphatic rings. The van der Waals surface area contributed by atoms with Gasteiger partial charge in [-0.1, -0.05) is 12.1 Å². The lowest BCUT2D eigenvalue weighted by Crippen LogP contribution is -2.41. The molecule has 4 rings (SSSR count). The second-order valence-corrected chi connectivity index (χ2v) is 7.34. The number of benzene rings is 1. The van der Waals surface area contributed by atoms with E-state index >= 15 is 0 Å². The number of hydrogen-bond donors (Lipinski definition) is 1. The fraction of sp³-hybridized carbons (Fsp3) is 0.476. The van der Waals surface area contributed by atoms with Crippen LogP contribution in [0, 0.1) is 5.92 Å². The van der Waals surface area contributed by atoms with E-state index in [-0.39, 0.29) is 17.9 Å². The van der Waals surface area contributed by atoms with Crippen LogP contribution in [0.5, 0.6) is 5.75 Å². The van der Waals surface area contributed by atoms with Crippen LogP contribution in [0.4, 0.5) is 11.6 Å². The van der Waals surface area contributed by atoms with Crippen LogP contribution in [0.1, 0.15) is 38.5 Å². The Labute approximate surface area is 160 Å². The van der Waals surface area contributed by atoms with Crippen molar-refractivity contribution in [3.8, 4) is 5.75 Å². The quantitative estimate of drug-likeness (QED) is 0.875. The van der Waals surface area contributed by atoms with Gasteiger partial charge in [-0.05, 0) is 56.7 Å². The van der Waals surface area contributed by atoms with Crippen LogP contribution in [-0.4, -0.2) is 35.1 Å². The lowest BCUT2D eigenvalue weighted by atomic mass is 9.97. The molecule has 1 N–H and O–H groups in total. The third-order valence-corrected chi connectivity index (χ3v) is 5.37. The van der Waals surface area contributed by atoms with Crippen molar-refractivity contribution >= 4 is 17.5 Å². The SMILES string of the molecule is O=C(Nc1ccccc1OC1CCCC1)C1CCCN(c2ncccn2)C1. The molecule has 142 valence electrons. The highest BCUT2D eigenvalue weighted by molar-refractivity contribution is 5.94. The number of anilines is 2. The maximum absolute atomic E-state index is 12.9. The molecule has 2 aromatic rings. The summed E-state index contributed by atoms with van der Waals surface area (Å²) in [6.07, 6.45) is 10.2. The van der Waals surface area contributed by atoms with Crippen LogP contribution in [0.2, 0.25) is 0 Å². The van der Waals surface area contributed by atoms with Gasteiger partial charge in [-0.15, -0.1) is 0 Å². The summed E-state index contributed by atoms with van der Waals surface area (Å²) in [6, 6.07) is 9.55. The van der Waals surface area contributed by atoms with Crippen molar-refractivity contribution in [2.45, 2.75) is 44.6 Å². The number of hydrogen-bond acceptors (Lipinski definition) is 5. The van der Waals surface area contributed by atoms with Crippen LogP contribution in [0.3, 0.4) is 0 Å². The Kier molecular flexibility index (Phi) is 5.51. The van der Waals surface area contributed by atoms with Gasteiger partial charge in [-0.2, -0.15) is 0 Å². The Bertz CT molecular complexity index is 762. The molecular weight excluding hydrogens is 340 g/mol. The molecule has 1 saturated heterocycles. The second-order valence-electron chi connectivity index (χ2n) is 7.34. The zero-order valence-electron chi connectivity index (χ0n) is 15.5. The Hall–Kier alpha value is -2.63. The Morgan fingerprint density at radius 1 is 1.04 bits per heavy atom. The van der Waals surface area contributed by atoms with Crippen LogP contribution in [0.15, 0.2) is 42.7 Å². The number of nitrogens with zero attached hydrogens (tertiary/aromatic N) is 3. The number of rotatable bonds is 5. The maximum Gasteiger partial charge on any atom is 0.229 e. The van der Waals surface area contributed by atoms with Crippen LogP contribution >= 0.6 is 0 Å². The van der Waals surface area contributed by atoms with Crippen molar-refractivity contribution < 1.29 is 9.53 Å². The first-order valence-electron chi connectivity index (χ1n) is 9.88. The molecule has 6 heteroatoms. The topological polar surface area (TPSA) is 67.3 Å². The summed E-state index contributed by atoms with van der Waals surface area (Å²) < 4.78 is 6.14. The number of carbonyl (C=O) groups is 1. The summed E-state index contributed by atoms with van der Waals surface area (Å²) >= 11 is 0. The first kappa shape index (κ1) is 17.8. The van der Waals surface area contributed by atoms with Crippen molar-refractivity contribution in [1.82, 2.24) is 9.97 Å². The van der Waals surface area contributed by atoms with Gasteiger partial charge in [0, 0.05) is 25.5 Å². The second kappa shape index (κ2) is 8.37. The molecule has 1 amide bonds. The van der Waals surface area contributed by atoms with Crippen molar-refractivity contribution in [2.24, 2.45) is 5.92 Å². The minimum Gasteiger partial charge on any atom is -0.488 e. The molecule has 2 fully saturated rings. The number of amides is 1. The number of aromatic nitrogens is 2. The van der Waals surface area contributed by atoms with E-state index in [2.05, 4.69) is 20.2 Å². The van der Waals surface area contributed by atoms with Gasteiger partial charge in [0.15, 0.2) is 0 Å². The van der Waals surface area contributed by atoms with Crippen molar-refractivity contribution in [3.63, 3.8) is 0 Å². The molecule has 1 atom stereocenters. The molecule has 2 heterocycles. The predicted octanol–water partition coefficient (Wildman–Crippen LogP) is 3.65. The Morgan fingerprint density at radius 3 is 2.63 bits per heavy atom. The predicted molar refractivity (Wildman–Crippen MR) is 105 cm³/mol. The number of ether oxygens (including phenoxy) is 1. The van der Waals surface area contributed by atoms with Crippen LogP contribution in [0.25, 0.3) is 0 Å². The van der Waals surface area contributed by atoms with Gasteiger partial charge in [0.25, 0.3) is 0 Å². The summed E-state index contributed by atoms with van der Waals surface area (Å²) in [7, 11) is 0. The molecule has 1 unspecified atom stereocenters. The van der Waals surface area contributed by atoms with E-state index in [9.17, 15) is 4.79 Å². The number of piperidine rings is 1. The zero-order chi connectivity index (χ0) is 18.5. The zero-order valence-corrected chi connectivity index (χ0v) is 15.5. The molecule has 1 aromatic heterocycles. The summed E-state index contributed by atoms with van der Waals surface area (Å²) in [5.74, 6) is 1.43. The van der Waals surface area contributed by atoms with E-state index in [4.69, 9.17) is 4.74 Å². The first-order valence-corrected chi connectivity index (χ1v) is 9.88. The third kappa shape index (κ3) is 4.38. The molecule has 0 spiro atoms. The molecule has 1 aliphatic heterocycles. The van der Waals surface area contributed by atoms with Crippen LogP contribution < -0.4 is 15.0 Å². The third-order valence-electron chi connectivity index (χ3n) is 5.37. The van der Waals surface area contributed by atoms with E-state index in [0.717, 1.165) is 43.7 Å². The molecule has 0 bridgehead atoms. The average Bonchev–Trinajstić information content (AvgIpc) is 3.23. The van der Waals surface area contributed by atoms with Gasteiger partial charge in [-0.3, -0.25) is 4.79 Å². The van der Waals surface area contributed by atoms with E-state index in [0.29, 0.717) is 12.5 Å². The highest BCUT2D eigenvalue weighted by Crippen LogP contribution is 2.30. The highest BCUT2D eigenvalue weighted by Gasteiger charge is 2.28. The molecule has 6 nitrogen and oxygen atoms in total. The lowest BCUT2D eigenvalue weighted by molar-refractivity contribution is -0.120. The molecular formula is C21H26N4O2. The lowest BCUT2D eigenvalue weighted by Gasteiger charge is -2.32. The molecule has 1 saturated carbocycles. The summed E-state index contributed by atoms with van der Waals surface area (Å²) in [6.45, 7) is 1.52. The molecule has 0 radical (unpaired) electrons. The monoisotopic (exact) mass is 366 g/mol. The summed E-state index contributed by atoms with van der Waals surface area (Å²) in [5.41, 5.74) is 0.766. The normalized spacial score (nSPS) is 20.4. The fourth-order valence-electron chi connectivity index (χ4n) is 3.92. The number of nitrogens with one attached hydrogen (secondary N) is 1. The summed E-state index contributed by atoms with van der Waals surface area (Å²) in [4.78, 5) is 23.6. The smallest absolute Gasteiger partial charge is 0.229 e. The van der Waals surface area contributed by atoms with Crippen molar-refractivity contribution in [3.05, 3.63) is 42.7 Å². The Balaban J connectivity index is 1.41. The van der Waals surface area contributed by atoms with Crippen molar-refractivity contribution in [1.29, 1.82) is 0 Å². The van der Waals surface area contributed by atoms with E-state index in [1.165, 1.54) is 12.8 Å². The Morgan fingerprint density at radius 2 is 1.81 bits per heavy atom. The van der Waals surface area contributed by atoms with Gasteiger partial charge >= 0.3 is 0 Å². The molecule has 1 aliphatic carbocycles. The summed E-state index contributed by atoms with van der Waals surface area (Å²) in [5, 5.41) is 3.09. The molecule has 1 aromatic carbocycles. The van der Waals surface area contributed by atoms with Gasteiger partial charge < -0.3 is 15.0 Å². The van der Waals surface area contributed by atoms with Gasteiger partial charge in [0.2, 0.25) is 11.9 Å². The number of carbonyl (C=O) groups excluding carboxylic acids is 1. The standard InChI is InChI=1S/C21H26N4O2/c26-20(16-7-5-14-25(15-16)21-22-12-6-13-23-21)24-18-10-3-4-11-19(18)27-17-8-1-2-9-17/h3-4,6,10-13,16-17H,1-2,5,7-9,14-15H2,(H,24,26). The first-order chi connectivity index (χ1) is 13.3. The minimum atomic E-state index is -0.0814. The van der Waals surface area contributed by atoms with Crippen LogP contribution in [-0.2, 0) is 4.79 Å². The largest absolute Gasteiger partial charge is 0.488 e. The number of para-hydroxylation sites is 2. The molecule has 27 heavy (non-hydrogen) atoms. The van der Waals surface area contributed by atoms with E-state index in [1.54, 1.807) is 18.5 Å². The van der Waals surface area contributed by atoms with Gasteiger partial charge in [0.05, 0.1) is 17.7 Å². The minimum absolute atomic E-state index is 0.0399. The van der Waals surface area contributed by atoms with Crippen molar-refractivity contribution in [2.75, 3.05) is 23.3 Å². The van der Waals surface area contributed by atoms with Gasteiger partial charge in [-0.25, -0.2) is 9.97 Å².